The number of nitrogens with zero attached hydrogens (tertiary/aromatic N) is 2. The van der Waals surface area contributed by atoms with Gasteiger partial charge < -0.3 is 20.0 Å². The van der Waals surface area contributed by atoms with Gasteiger partial charge in [0, 0.05) is 23.9 Å². The number of aliphatic hydroxyl groups is 1. The van der Waals surface area contributed by atoms with E-state index in [1.54, 1.807) is 13.0 Å². The van der Waals surface area contributed by atoms with Crippen molar-refractivity contribution in [3.05, 3.63) is 82.1 Å². The molecule has 6 nitrogen and oxygen atoms in total. The second-order valence-electron chi connectivity index (χ2n) is 10.6. The van der Waals surface area contributed by atoms with Crippen LogP contribution in [0.3, 0.4) is 0 Å². The molecule has 2 aromatic rings. The number of rotatable bonds is 13. The van der Waals surface area contributed by atoms with Crippen LogP contribution in [0.15, 0.2) is 71.9 Å². The third-order valence-electron chi connectivity index (χ3n) is 6.54. The summed E-state index contributed by atoms with van der Waals surface area (Å²) in [6.45, 7) is 11.3. The van der Waals surface area contributed by atoms with Crippen molar-refractivity contribution < 1.29 is 19.8 Å². The topological polar surface area (TPSA) is 82.4 Å². The van der Waals surface area contributed by atoms with Crippen LogP contribution in [0.25, 0.3) is 5.57 Å². The lowest BCUT2D eigenvalue weighted by Crippen LogP contribution is -2.36. The molecule has 3 unspecified atom stereocenters. The minimum absolute atomic E-state index is 0.0871. The van der Waals surface area contributed by atoms with Crippen molar-refractivity contribution in [1.29, 1.82) is 0 Å². The first-order valence-corrected chi connectivity index (χ1v) is 14.5. The van der Waals surface area contributed by atoms with Gasteiger partial charge in [-0.1, -0.05) is 86.6 Å². The number of hydrogen-bond acceptors (Lipinski definition) is 6. The van der Waals surface area contributed by atoms with Crippen LogP contribution in [-0.4, -0.2) is 40.6 Å². The minimum atomic E-state index is -0.920. The summed E-state index contributed by atoms with van der Waals surface area (Å²) in [4.78, 5) is 21.4. The standard InChI is InChI=1S/C32H42N2O4S/c1-22(2)11-12-23(3)20-34(24(4)13-14-25(5)35)29-19-30(39-31(29)32(36)37)27-15-17-28(18-16-27)33-38-21-26-9-7-6-8-10-26/h6-15,19,22-25,35H,16-18,20-21H2,1-5H3,(H,36,37)/b12-11+,14-13+,33-28-. The van der Waals surface area contributed by atoms with Crippen LogP contribution >= 0.6 is 11.3 Å². The second kappa shape index (κ2) is 14.8. The Hall–Kier alpha value is -3.16. The van der Waals surface area contributed by atoms with Crippen molar-refractivity contribution >= 4 is 34.3 Å². The summed E-state index contributed by atoms with van der Waals surface area (Å²) < 4.78 is 0. The van der Waals surface area contributed by atoms with E-state index in [0.717, 1.165) is 40.3 Å². The summed E-state index contributed by atoms with van der Waals surface area (Å²) in [6.07, 6.45) is 11.9. The molecule has 3 rings (SSSR count). The molecule has 1 aliphatic rings. The number of aliphatic hydroxyl groups excluding tert-OH is 1. The maximum Gasteiger partial charge on any atom is 0.348 e. The Kier molecular flexibility index (Phi) is 11.6. The number of thiophene rings is 1. The predicted octanol–water partition coefficient (Wildman–Crippen LogP) is 7.57. The third kappa shape index (κ3) is 9.52. The number of anilines is 1. The highest BCUT2D eigenvalue weighted by atomic mass is 32.1. The van der Waals surface area contributed by atoms with E-state index in [1.807, 2.05) is 49.4 Å². The van der Waals surface area contributed by atoms with Gasteiger partial charge in [0.15, 0.2) is 0 Å². The lowest BCUT2D eigenvalue weighted by Gasteiger charge is -2.31. The molecule has 0 bridgehead atoms. The fourth-order valence-corrected chi connectivity index (χ4v) is 5.48. The SMILES string of the molecule is CC(C)/C=C/C(C)CN(c1cc(C2=CC/C(=N/OCc3ccccc3)CC2)sc1C(=O)O)C(C)/C=C/C(C)O. The zero-order chi connectivity index (χ0) is 28.4. The van der Waals surface area contributed by atoms with Crippen molar-refractivity contribution in [2.45, 2.75) is 72.6 Å². The number of allylic oxidation sites excluding steroid dienone is 3. The van der Waals surface area contributed by atoms with Crippen LogP contribution < -0.4 is 4.90 Å². The number of benzene rings is 1. The molecule has 1 aliphatic carbocycles. The average molecular weight is 551 g/mol. The van der Waals surface area contributed by atoms with E-state index in [-0.39, 0.29) is 12.0 Å². The molecule has 7 heteroatoms. The Morgan fingerprint density at radius 1 is 1.08 bits per heavy atom. The summed E-state index contributed by atoms with van der Waals surface area (Å²) in [7, 11) is 0. The summed E-state index contributed by atoms with van der Waals surface area (Å²) >= 11 is 1.33. The number of hydrogen-bond donors (Lipinski definition) is 2. The van der Waals surface area contributed by atoms with Gasteiger partial charge in [0.05, 0.1) is 17.5 Å². The molecular formula is C32H42N2O4S. The Bertz CT molecular complexity index is 1190. The van der Waals surface area contributed by atoms with E-state index in [9.17, 15) is 15.0 Å². The highest BCUT2D eigenvalue weighted by Gasteiger charge is 2.26. The minimum Gasteiger partial charge on any atom is -0.477 e. The zero-order valence-electron chi connectivity index (χ0n) is 23.7. The largest absolute Gasteiger partial charge is 0.477 e. The van der Waals surface area contributed by atoms with E-state index in [0.29, 0.717) is 30.4 Å². The number of carbonyl (C=O) groups is 1. The van der Waals surface area contributed by atoms with E-state index in [1.165, 1.54) is 11.3 Å². The van der Waals surface area contributed by atoms with Gasteiger partial charge in [0.1, 0.15) is 11.5 Å². The molecule has 0 amide bonds. The van der Waals surface area contributed by atoms with E-state index >= 15 is 0 Å². The molecule has 0 aliphatic heterocycles. The first kappa shape index (κ1) is 30.4. The Morgan fingerprint density at radius 2 is 1.82 bits per heavy atom. The van der Waals surface area contributed by atoms with E-state index < -0.39 is 12.1 Å². The Balaban J connectivity index is 1.82. The lowest BCUT2D eigenvalue weighted by molar-refractivity contribution is 0.0702. The molecule has 3 atom stereocenters. The van der Waals surface area contributed by atoms with Gasteiger partial charge in [-0.15, -0.1) is 11.3 Å². The molecular weight excluding hydrogens is 508 g/mol. The van der Waals surface area contributed by atoms with Gasteiger partial charge in [0.25, 0.3) is 0 Å². The van der Waals surface area contributed by atoms with Gasteiger partial charge in [-0.2, -0.15) is 0 Å². The quantitative estimate of drug-likeness (QED) is 0.199. The van der Waals surface area contributed by atoms with Gasteiger partial charge in [0.2, 0.25) is 0 Å². The Labute approximate surface area is 237 Å². The molecule has 0 fully saturated rings. The summed E-state index contributed by atoms with van der Waals surface area (Å²) in [5.41, 5.74) is 3.95. The maximum atomic E-state index is 12.4. The van der Waals surface area contributed by atoms with Crippen molar-refractivity contribution in [1.82, 2.24) is 0 Å². The van der Waals surface area contributed by atoms with Crippen molar-refractivity contribution in [3.8, 4) is 0 Å². The molecule has 0 saturated carbocycles. The highest BCUT2D eigenvalue weighted by molar-refractivity contribution is 7.15. The molecule has 0 spiro atoms. The van der Waals surface area contributed by atoms with Crippen molar-refractivity contribution in [2.24, 2.45) is 17.0 Å². The molecule has 210 valence electrons. The number of carboxylic acid groups (broad SMARTS) is 1. The first-order chi connectivity index (χ1) is 18.6. The zero-order valence-corrected chi connectivity index (χ0v) is 24.5. The highest BCUT2D eigenvalue weighted by Crippen LogP contribution is 2.39. The van der Waals surface area contributed by atoms with Gasteiger partial charge >= 0.3 is 5.97 Å². The maximum absolute atomic E-state index is 12.4. The van der Waals surface area contributed by atoms with Crippen LogP contribution in [0.1, 0.15) is 74.0 Å². The summed E-state index contributed by atoms with van der Waals surface area (Å²) in [6, 6.07) is 11.9. The third-order valence-corrected chi connectivity index (χ3v) is 7.72. The molecule has 2 N–H and O–H groups in total. The lowest BCUT2D eigenvalue weighted by atomic mass is 9.96. The van der Waals surface area contributed by atoms with Gasteiger partial charge in [-0.3, -0.25) is 0 Å². The summed E-state index contributed by atoms with van der Waals surface area (Å²) in [5.74, 6) is -0.245. The molecule has 0 saturated heterocycles. The molecule has 1 aromatic carbocycles. The first-order valence-electron chi connectivity index (χ1n) is 13.7. The average Bonchev–Trinajstić information content (AvgIpc) is 3.36. The van der Waals surface area contributed by atoms with Crippen LogP contribution in [0, 0.1) is 11.8 Å². The molecule has 39 heavy (non-hydrogen) atoms. The van der Waals surface area contributed by atoms with Crippen molar-refractivity contribution in [2.75, 3.05) is 11.4 Å². The van der Waals surface area contributed by atoms with Crippen LogP contribution in [0.5, 0.6) is 0 Å². The smallest absolute Gasteiger partial charge is 0.348 e. The number of oxime groups is 1. The molecule has 0 radical (unpaired) electrons. The van der Waals surface area contributed by atoms with Crippen LogP contribution in [0.2, 0.25) is 0 Å². The fraction of sp³-hybridized carbons (Fsp3) is 0.438. The summed E-state index contributed by atoms with van der Waals surface area (Å²) in [5, 5.41) is 24.3. The predicted molar refractivity (Wildman–Crippen MR) is 163 cm³/mol. The van der Waals surface area contributed by atoms with Gasteiger partial charge in [-0.25, -0.2) is 4.79 Å². The van der Waals surface area contributed by atoms with Crippen LogP contribution in [-0.2, 0) is 11.4 Å². The fourth-order valence-electron chi connectivity index (χ4n) is 4.40. The number of carboxylic acids is 1. The molecule has 1 aromatic heterocycles. The van der Waals surface area contributed by atoms with Crippen molar-refractivity contribution in [3.63, 3.8) is 0 Å². The number of aromatic carboxylic acids is 1. The van der Waals surface area contributed by atoms with Gasteiger partial charge in [-0.05, 0) is 55.7 Å². The van der Waals surface area contributed by atoms with Crippen LogP contribution in [0.4, 0.5) is 5.69 Å². The normalized spacial score (nSPS) is 17.5. The van der Waals surface area contributed by atoms with E-state index in [4.69, 9.17) is 4.84 Å². The van der Waals surface area contributed by atoms with E-state index in [2.05, 4.69) is 49.1 Å². The Morgan fingerprint density at radius 3 is 2.44 bits per heavy atom. The monoisotopic (exact) mass is 550 g/mol. The second-order valence-corrected chi connectivity index (χ2v) is 11.7. The molecule has 1 heterocycles.